The summed E-state index contributed by atoms with van der Waals surface area (Å²) in [5, 5.41) is 3.01. The van der Waals surface area contributed by atoms with E-state index in [-0.39, 0.29) is 23.7 Å². The van der Waals surface area contributed by atoms with Crippen molar-refractivity contribution in [3.05, 3.63) is 71.5 Å². The Morgan fingerprint density at radius 1 is 0.886 bits per heavy atom. The molecule has 2 aromatic rings. The Morgan fingerprint density at radius 3 is 2.26 bits per heavy atom. The quantitative estimate of drug-likeness (QED) is 0.614. The van der Waals surface area contributed by atoms with Crippen molar-refractivity contribution in [1.82, 2.24) is 20.0 Å². The van der Waals surface area contributed by atoms with Gasteiger partial charge >= 0.3 is 6.03 Å². The molecule has 35 heavy (non-hydrogen) atoms. The summed E-state index contributed by atoms with van der Waals surface area (Å²) in [4.78, 5) is 32.0. The Morgan fingerprint density at radius 2 is 1.57 bits per heavy atom. The molecule has 1 aliphatic carbocycles. The van der Waals surface area contributed by atoms with Crippen LogP contribution in [0.5, 0.6) is 0 Å². The van der Waals surface area contributed by atoms with E-state index in [1.54, 1.807) is 12.1 Å². The first kappa shape index (κ1) is 25.2. The highest BCUT2D eigenvalue weighted by Gasteiger charge is 2.27. The van der Waals surface area contributed by atoms with Gasteiger partial charge in [0.1, 0.15) is 5.82 Å². The van der Waals surface area contributed by atoms with E-state index in [4.69, 9.17) is 0 Å². The molecule has 6 nitrogen and oxygen atoms in total. The van der Waals surface area contributed by atoms with Gasteiger partial charge in [0.15, 0.2) is 0 Å². The van der Waals surface area contributed by atoms with Crippen LogP contribution < -0.4 is 5.32 Å². The summed E-state index contributed by atoms with van der Waals surface area (Å²) in [6, 6.07) is 16.3. The smallest absolute Gasteiger partial charge is 0.317 e. The normalized spacial score (nSPS) is 17.2. The maximum absolute atomic E-state index is 13.4. The average molecular weight is 481 g/mol. The summed E-state index contributed by atoms with van der Waals surface area (Å²) < 4.78 is 13.4. The number of rotatable bonds is 8. The standard InChI is InChI=1S/C28H37FN4O2/c29-26-13-11-24(12-14-26)22-33(27(34)25-9-5-2-6-10-25)20-17-31-15-18-32(19-16-31)28(35)30-21-23-7-3-1-4-8-23/h1,3-4,7-8,11-14,25H,2,5-6,9-10,15-22H2,(H,30,35). The van der Waals surface area contributed by atoms with Crippen molar-refractivity contribution in [3.8, 4) is 0 Å². The molecule has 2 aromatic carbocycles. The number of hydrogen-bond donors (Lipinski definition) is 1. The molecule has 7 heteroatoms. The third kappa shape index (κ3) is 7.52. The number of benzene rings is 2. The lowest BCUT2D eigenvalue weighted by Crippen LogP contribution is -2.53. The molecule has 4 rings (SSSR count). The number of urea groups is 1. The topological polar surface area (TPSA) is 55.9 Å². The van der Waals surface area contributed by atoms with Gasteiger partial charge in [0.25, 0.3) is 0 Å². The van der Waals surface area contributed by atoms with Crippen molar-refractivity contribution < 1.29 is 14.0 Å². The Kier molecular flexibility index (Phi) is 9.12. The van der Waals surface area contributed by atoms with Crippen LogP contribution in [0.4, 0.5) is 9.18 Å². The van der Waals surface area contributed by atoms with Crippen LogP contribution in [0.25, 0.3) is 0 Å². The van der Waals surface area contributed by atoms with Gasteiger partial charge in [-0.25, -0.2) is 9.18 Å². The number of piperazine rings is 1. The monoisotopic (exact) mass is 480 g/mol. The van der Waals surface area contributed by atoms with Gasteiger partial charge in [0.05, 0.1) is 0 Å². The Hall–Kier alpha value is -2.93. The molecule has 0 radical (unpaired) electrons. The number of hydrogen-bond acceptors (Lipinski definition) is 3. The molecule has 2 aliphatic rings. The second-order valence-corrected chi connectivity index (χ2v) is 9.69. The van der Waals surface area contributed by atoms with Crippen molar-refractivity contribution in [2.24, 2.45) is 5.92 Å². The number of carbonyl (C=O) groups is 2. The molecule has 0 spiro atoms. The van der Waals surface area contributed by atoms with Crippen molar-refractivity contribution in [3.63, 3.8) is 0 Å². The Bertz CT molecular complexity index is 939. The van der Waals surface area contributed by atoms with E-state index in [9.17, 15) is 14.0 Å². The van der Waals surface area contributed by atoms with Crippen LogP contribution in [0.15, 0.2) is 54.6 Å². The number of nitrogens with zero attached hydrogens (tertiary/aromatic N) is 3. The summed E-state index contributed by atoms with van der Waals surface area (Å²) in [5.74, 6) is 0.0758. The van der Waals surface area contributed by atoms with E-state index in [0.717, 1.165) is 56.4 Å². The first-order valence-corrected chi connectivity index (χ1v) is 12.9. The predicted molar refractivity (Wildman–Crippen MR) is 135 cm³/mol. The third-order valence-electron chi connectivity index (χ3n) is 7.18. The van der Waals surface area contributed by atoms with E-state index in [2.05, 4.69) is 10.2 Å². The van der Waals surface area contributed by atoms with E-state index < -0.39 is 0 Å². The fourth-order valence-corrected chi connectivity index (χ4v) is 5.01. The summed E-state index contributed by atoms with van der Waals surface area (Å²) in [6.45, 7) is 5.40. The second-order valence-electron chi connectivity index (χ2n) is 9.69. The van der Waals surface area contributed by atoms with Gasteiger partial charge in [-0.15, -0.1) is 0 Å². The zero-order chi connectivity index (χ0) is 24.5. The van der Waals surface area contributed by atoms with Crippen LogP contribution >= 0.6 is 0 Å². The predicted octanol–water partition coefficient (Wildman–Crippen LogP) is 4.26. The maximum Gasteiger partial charge on any atom is 0.317 e. The van der Waals surface area contributed by atoms with E-state index in [1.807, 2.05) is 40.1 Å². The maximum atomic E-state index is 13.4. The lowest BCUT2D eigenvalue weighted by atomic mass is 9.88. The molecule has 0 unspecified atom stereocenters. The lowest BCUT2D eigenvalue weighted by Gasteiger charge is -2.36. The van der Waals surface area contributed by atoms with Crippen LogP contribution in [0.1, 0.15) is 43.2 Å². The first-order valence-electron chi connectivity index (χ1n) is 12.9. The van der Waals surface area contributed by atoms with Gasteiger partial charge in [-0.1, -0.05) is 61.7 Å². The van der Waals surface area contributed by atoms with Gasteiger partial charge in [0, 0.05) is 58.3 Å². The molecule has 1 saturated carbocycles. The molecule has 3 amide bonds. The number of halogens is 1. The first-order chi connectivity index (χ1) is 17.1. The minimum absolute atomic E-state index is 0.0288. The van der Waals surface area contributed by atoms with Gasteiger partial charge in [-0.05, 0) is 36.1 Å². The van der Waals surface area contributed by atoms with E-state index in [1.165, 1.54) is 18.6 Å². The zero-order valence-corrected chi connectivity index (χ0v) is 20.5. The Balaban J connectivity index is 1.26. The van der Waals surface area contributed by atoms with E-state index >= 15 is 0 Å². The van der Waals surface area contributed by atoms with Gasteiger partial charge in [-0.3, -0.25) is 9.69 Å². The molecular weight excluding hydrogens is 443 g/mol. The molecule has 188 valence electrons. The molecule has 0 bridgehead atoms. The molecular formula is C28H37FN4O2. The van der Waals surface area contributed by atoms with E-state index in [0.29, 0.717) is 32.7 Å². The van der Waals surface area contributed by atoms with Crippen molar-refractivity contribution in [2.75, 3.05) is 39.3 Å². The fourth-order valence-electron chi connectivity index (χ4n) is 5.01. The molecule has 0 aromatic heterocycles. The third-order valence-corrected chi connectivity index (χ3v) is 7.18. The summed E-state index contributed by atoms with van der Waals surface area (Å²) >= 11 is 0. The minimum atomic E-state index is -0.260. The fraction of sp³-hybridized carbons (Fsp3) is 0.500. The van der Waals surface area contributed by atoms with Gasteiger partial charge in [-0.2, -0.15) is 0 Å². The lowest BCUT2D eigenvalue weighted by molar-refractivity contribution is -0.137. The second kappa shape index (κ2) is 12.7. The summed E-state index contributed by atoms with van der Waals surface area (Å²) in [7, 11) is 0. The van der Waals surface area contributed by atoms with Crippen LogP contribution in [0, 0.1) is 11.7 Å². The van der Waals surface area contributed by atoms with Crippen molar-refractivity contribution in [1.29, 1.82) is 0 Å². The minimum Gasteiger partial charge on any atom is -0.337 e. The molecule has 2 fully saturated rings. The Labute approximate surface area is 208 Å². The largest absolute Gasteiger partial charge is 0.337 e. The summed E-state index contributed by atoms with van der Waals surface area (Å²) in [6.07, 6.45) is 5.39. The van der Waals surface area contributed by atoms with Crippen molar-refractivity contribution >= 4 is 11.9 Å². The molecule has 0 atom stereocenters. The SMILES string of the molecule is O=C(NCc1ccccc1)N1CCN(CCN(Cc2ccc(F)cc2)C(=O)C2CCCCC2)CC1. The van der Waals surface area contributed by atoms with Crippen LogP contribution in [0.2, 0.25) is 0 Å². The van der Waals surface area contributed by atoms with Crippen LogP contribution in [-0.4, -0.2) is 65.9 Å². The van der Waals surface area contributed by atoms with Crippen LogP contribution in [0.3, 0.4) is 0 Å². The molecule has 1 N–H and O–H groups in total. The number of nitrogens with one attached hydrogen (secondary N) is 1. The highest BCUT2D eigenvalue weighted by atomic mass is 19.1. The zero-order valence-electron chi connectivity index (χ0n) is 20.5. The molecule has 1 aliphatic heterocycles. The summed E-state index contributed by atoms with van der Waals surface area (Å²) in [5.41, 5.74) is 2.04. The highest BCUT2D eigenvalue weighted by Crippen LogP contribution is 2.26. The molecule has 1 heterocycles. The van der Waals surface area contributed by atoms with Gasteiger partial charge in [0.2, 0.25) is 5.91 Å². The van der Waals surface area contributed by atoms with Gasteiger partial charge < -0.3 is 15.1 Å². The number of amides is 3. The van der Waals surface area contributed by atoms with Crippen molar-refractivity contribution in [2.45, 2.75) is 45.2 Å². The highest BCUT2D eigenvalue weighted by molar-refractivity contribution is 5.79. The number of carbonyl (C=O) groups excluding carboxylic acids is 2. The van der Waals surface area contributed by atoms with Crippen LogP contribution in [-0.2, 0) is 17.9 Å². The molecule has 1 saturated heterocycles. The average Bonchev–Trinajstić information content (AvgIpc) is 2.91.